The van der Waals surface area contributed by atoms with E-state index >= 15 is 0 Å². The van der Waals surface area contributed by atoms with Gasteiger partial charge in [-0.1, -0.05) is 32.0 Å². The molecule has 9 heteroatoms. The lowest BCUT2D eigenvalue weighted by molar-refractivity contribution is 0.0715. The number of carbonyl (C=O) groups excluding carboxylic acids is 2. The lowest BCUT2D eigenvalue weighted by atomic mass is 9.76. The Morgan fingerprint density at radius 1 is 1.18 bits per heavy atom. The minimum absolute atomic E-state index is 0.000816. The van der Waals surface area contributed by atoms with Crippen LogP contribution in [0.4, 0.5) is 0 Å². The standard InChI is InChI=1S/C30H34N4O4S/c1-18(19-4-6-20(7-5-19)28(35)31-23-11-13-39(37,38)17-23)34-16-22-14-21(8-9-24(22)29(34)36)27-25-10-12-30(2,3)15-26(25)32-33-27/h4-9,14,18,23H,10-13,15-17H2,1-3H3,(H,31,35)(H,32,33)/t18-,23?/m1/s1. The Bertz CT molecular complexity index is 1570. The first-order valence-corrected chi connectivity index (χ1v) is 15.4. The molecule has 1 fully saturated rings. The lowest BCUT2D eigenvalue weighted by Gasteiger charge is -2.29. The number of amides is 2. The molecule has 0 bridgehead atoms. The Balaban J connectivity index is 1.16. The summed E-state index contributed by atoms with van der Waals surface area (Å²) in [7, 11) is -3.06. The molecule has 3 aliphatic rings. The van der Waals surface area contributed by atoms with Gasteiger partial charge in [0.05, 0.1) is 23.2 Å². The molecule has 1 aromatic heterocycles. The first-order chi connectivity index (χ1) is 18.5. The van der Waals surface area contributed by atoms with Gasteiger partial charge in [0.2, 0.25) is 0 Å². The first kappa shape index (κ1) is 25.8. The molecule has 2 aromatic carbocycles. The van der Waals surface area contributed by atoms with Crippen LogP contribution in [0.3, 0.4) is 0 Å². The molecule has 8 nitrogen and oxygen atoms in total. The molecule has 3 aromatic rings. The Labute approximate surface area is 229 Å². The Morgan fingerprint density at radius 2 is 1.95 bits per heavy atom. The summed E-state index contributed by atoms with van der Waals surface area (Å²) in [6.45, 7) is 7.09. The number of fused-ring (bicyclic) bond motifs is 2. The van der Waals surface area contributed by atoms with Crippen LogP contribution in [0.5, 0.6) is 0 Å². The number of benzene rings is 2. The number of aromatic amines is 1. The van der Waals surface area contributed by atoms with Crippen molar-refractivity contribution in [1.82, 2.24) is 20.4 Å². The highest BCUT2D eigenvalue weighted by atomic mass is 32.2. The van der Waals surface area contributed by atoms with Gasteiger partial charge in [-0.05, 0) is 73.4 Å². The Hall–Kier alpha value is -3.46. The third kappa shape index (κ3) is 4.88. The van der Waals surface area contributed by atoms with Gasteiger partial charge in [-0.3, -0.25) is 14.7 Å². The number of nitrogens with one attached hydrogen (secondary N) is 2. The number of hydrogen-bond acceptors (Lipinski definition) is 5. The van der Waals surface area contributed by atoms with Crippen LogP contribution < -0.4 is 5.32 Å². The van der Waals surface area contributed by atoms with Crippen LogP contribution in [0.2, 0.25) is 0 Å². The topological polar surface area (TPSA) is 112 Å². The highest BCUT2D eigenvalue weighted by molar-refractivity contribution is 7.91. The summed E-state index contributed by atoms with van der Waals surface area (Å²) in [5.74, 6) is -0.171. The summed E-state index contributed by atoms with van der Waals surface area (Å²) < 4.78 is 23.4. The number of carbonyl (C=O) groups is 2. The van der Waals surface area contributed by atoms with Crippen LogP contribution in [-0.2, 0) is 29.2 Å². The highest BCUT2D eigenvalue weighted by Gasteiger charge is 2.34. The summed E-state index contributed by atoms with van der Waals surface area (Å²) in [5, 5.41) is 10.7. The van der Waals surface area contributed by atoms with Crippen molar-refractivity contribution in [2.45, 2.75) is 65.1 Å². The second kappa shape index (κ2) is 9.33. The van der Waals surface area contributed by atoms with Crippen molar-refractivity contribution in [3.05, 3.63) is 76.0 Å². The monoisotopic (exact) mass is 546 g/mol. The van der Waals surface area contributed by atoms with Gasteiger partial charge in [0.1, 0.15) is 0 Å². The maximum atomic E-state index is 13.3. The lowest BCUT2D eigenvalue weighted by Crippen LogP contribution is -2.35. The van der Waals surface area contributed by atoms with Gasteiger partial charge in [-0.15, -0.1) is 0 Å². The van der Waals surface area contributed by atoms with Crippen LogP contribution in [-0.4, -0.2) is 52.9 Å². The third-order valence-electron chi connectivity index (χ3n) is 8.56. The molecular formula is C30H34N4O4S. The summed E-state index contributed by atoms with van der Waals surface area (Å²) >= 11 is 0. The quantitative estimate of drug-likeness (QED) is 0.498. The normalized spacial score (nSPS) is 21.9. The van der Waals surface area contributed by atoms with E-state index in [1.807, 2.05) is 36.1 Å². The van der Waals surface area contributed by atoms with E-state index in [4.69, 9.17) is 0 Å². The van der Waals surface area contributed by atoms with E-state index in [1.165, 1.54) is 11.3 Å². The second-order valence-corrected chi connectivity index (χ2v) is 14.3. The van der Waals surface area contributed by atoms with E-state index in [2.05, 4.69) is 35.4 Å². The highest BCUT2D eigenvalue weighted by Crippen LogP contribution is 2.39. The van der Waals surface area contributed by atoms with E-state index in [9.17, 15) is 18.0 Å². The van der Waals surface area contributed by atoms with Crippen molar-refractivity contribution in [1.29, 1.82) is 0 Å². The molecule has 0 saturated carbocycles. The van der Waals surface area contributed by atoms with Crippen LogP contribution in [0.25, 0.3) is 11.3 Å². The van der Waals surface area contributed by atoms with Crippen LogP contribution in [0.15, 0.2) is 42.5 Å². The van der Waals surface area contributed by atoms with Crippen LogP contribution in [0, 0.1) is 5.41 Å². The number of H-pyrrole nitrogens is 1. The van der Waals surface area contributed by atoms with Gasteiger partial charge in [0, 0.05) is 40.5 Å². The van der Waals surface area contributed by atoms with E-state index in [1.54, 1.807) is 12.1 Å². The number of sulfone groups is 1. The third-order valence-corrected chi connectivity index (χ3v) is 10.3. The van der Waals surface area contributed by atoms with E-state index in [0.29, 0.717) is 18.5 Å². The molecular weight excluding hydrogens is 512 g/mol. The molecule has 2 N–H and O–H groups in total. The van der Waals surface area contributed by atoms with Crippen molar-refractivity contribution >= 4 is 21.7 Å². The van der Waals surface area contributed by atoms with Crippen molar-refractivity contribution in [2.24, 2.45) is 5.41 Å². The van der Waals surface area contributed by atoms with Gasteiger partial charge >= 0.3 is 0 Å². The molecule has 1 aliphatic carbocycles. The SMILES string of the molecule is C[C@H](c1ccc(C(=O)NC2CCS(=O)(=O)C2)cc1)N1Cc2cc(-c3n[nH]c4c3CCC(C)(C)C4)ccc2C1=O. The Kier molecular flexibility index (Phi) is 6.17. The number of nitrogens with zero attached hydrogens (tertiary/aromatic N) is 2. The summed E-state index contributed by atoms with van der Waals surface area (Å²) in [5.41, 5.74) is 7.95. The van der Waals surface area contributed by atoms with Gasteiger partial charge in [-0.2, -0.15) is 5.10 Å². The fourth-order valence-corrected chi connectivity index (χ4v) is 7.83. The average Bonchev–Trinajstić information content (AvgIpc) is 3.56. The Morgan fingerprint density at radius 3 is 2.67 bits per heavy atom. The van der Waals surface area contributed by atoms with E-state index in [0.717, 1.165) is 47.2 Å². The molecule has 2 aliphatic heterocycles. The minimum Gasteiger partial charge on any atom is -0.348 e. The second-order valence-electron chi connectivity index (χ2n) is 12.0. The maximum absolute atomic E-state index is 13.3. The smallest absolute Gasteiger partial charge is 0.255 e. The maximum Gasteiger partial charge on any atom is 0.255 e. The average molecular weight is 547 g/mol. The molecule has 0 spiro atoms. The zero-order chi connectivity index (χ0) is 27.5. The summed E-state index contributed by atoms with van der Waals surface area (Å²) in [6.07, 6.45) is 3.57. The van der Waals surface area contributed by atoms with E-state index in [-0.39, 0.29) is 40.8 Å². The molecule has 6 rings (SSSR count). The number of rotatable bonds is 5. The van der Waals surface area contributed by atoms with Crippen LogP contribution >= 0.6 is 0 Å². The first-order valence-electron chi connectivity index (χ1n) is 13.6. The predicted molar refractivity (Wildman–Crippen MR) is 149 cm³/mol. The molecule has 0 radical (unpaired) electrons. The van der Waals surface area contributed by atoms with Crippen molar-refractivity contribution in [3.8, 4) is 11.3 Å². The van der Waals surface area contributed by atoms with Gasteiger partial charge in [-0.25, -0.2) is 8.42 Å². The molecule has 204 valence electrons. The summed E-state index contributed by atoms with van der Waals surface area (Å²) in [6, 6.07) is 12.7. The predicted octanol–water partition coefficient (Wildman–Crippen LogP) is 4.23. The fraction of sp³-hybridized carbons (Fsp3) is 0.433. The van der Waals surface area contributed by atoms with Gasteiger partial charge in [0.15, 0.2) is 9.84 Å². The van der Waals surface area contributed by atoms with Crippen molar-refractivity contribution in [2.75, 3.05) is 11.5 Å². The number of hydrogen-bond donors (Lipinski definition) is 2. The molecule has 2 atom stereocenters. The zero-order valence-corrected chi connectivity index (χ0v) is 23.4. The largest absolute Gasteiger partial charge is 0.348 e. The fourth-order valence-electron chi connectivity index (χ4n) is 6.16. The molecule has 2 amide bonds. The molecule has 39 heavy (non-hydrogen) atoms. The number of aromatic nitrogens is 2. The molecule has 1 unspecified atom stereocenters. The van der Waals surface area contributed by atoms with Crippen LogP contribution in [0.1, 0.15) is 82.8 Å². The minimum atomic E-state index is -3.06. The zero-order valence-electron chi connectivity index (χ0n) is 22.6. The summed E-state index contributed by atoms with van der Waals surface area (Å²) in [4.78, 5) is 27.8. The van der Waals surface area contributed by atoms with Crippen molar-refractivity contribution < 1.29 is 18.0 Å². The molecule has 1 saturated heterocycles. The van der Waals surface area contributed by atoms with E-state index < -0.39 is 9.84 Å². The van der Waals surface area contributed by atoms with Crippen molar-refractivity contribution in [3.63, 3.8) is 0 Å². The molecule has 3 heterocycles. The van der Waals surface area contributed by atoms with Gasteiger partial charge < -0.3 is 10.2 Å². The van der Waals surface area contributed by atoms with Gasteiger partial charge in [0.25, 0.3) is 11.8 Å².